The average Bonchev–Trinajstić information content (AvgIpc) is 3.20. The topological polar surface area (TPSA) is 94.9 Å². The first-order valence-corrected chi connectivity index (χ1v) is 9.05. The lowest BCUT2D eigenvalue weighted by molar-refractivity contribution is -0.155. The number of ether oxygens (including phenoxy) is 2. The van der Waals surface area contributed by atoms with E-state index in [1.807, 2.05) is 42.1 Å². The summed E-state index contributed by atoms with van der Waals surface area (Å²) in [6, 6.07) is 6.52. The van der Waals surface area contributed by atoms with E-state index < -0.39 is 29.8 Å². The monoisotopic (exact) mass is 398 g/mol. The van der Waals surface area contributed by atoms with Crippen LogP contribution in [0.25, 0.3) is 10.9 Å². The molecule has 1 aliphatic heterocycles. The zero-order valence-corrected chi connectivity index (χ0v) is 16.7. The Hall–Kier alpha value is -3.42. The number of methoxy groups -OCH3 is 2. The predicted molar refractivity (Wildman–Crippen MR) is 104 cm³/mol. The van der Waals surface area contributed by atoms with Crippen molar-refractivity contribution in [3.8, 4) is 0 Å². The fraction of sp³-hybridized carbons (Fsp3) is 0.333. The molecule has 2 aromatic rings. The van der Waals surface area contributed by atoms with Crippen molar-refractivity contribution in [3.63, 3.8) is 0 Å². The third kappa shape index (κ3) is 3.53. The highest BCUT2D eigenvalue weighted by Crippen LogP contribution is 2.29. The van der Waals surface area contributed by atoms with Gasteiger partial charge in [-0.25, -0.2) is 9.59 Å². The molecule has 0 saturated carbocycles. The van der Waals surface area contributed by atoms with Gasteiger partial charge in [-0.2, -0.15) is 0 Å². The van der Waals surface area contributed by atoms with E-state index in [0.29, 0.717) is 0 Å². The van der Waals surface area contributed by atoms with Crippen LogP contribution in [0.15, 0.2) is 41.6 Å². The highest BCUT2D eigenvalue weighted by molar-refractivity contribution is 6.18. The molecule has 1 atom stereocenters. The summed E-state index contributed by atoms with van der Waals surface area (Å²) >= 11 is 0. The van der Waals surface area contributed by atoms with Gasteiger partial charge in [0.1, 0.15) is 6.04 Å². The maximum atomic E-state index is 12.9. The number of esters is 2. The van der Waals surface area contributed by atoms with Crippen LogP contribution in [0.5, 0.6) is 0 Å². The molecule has 1 aromatic carbocycles. The molecule has 0 aliphatic carbocycles. The van der Waals surface area contributed by atoms with Gasteiger partial charge in [0.25, 0.3) is 5.91 Å². The van der Waals surface area contributed by atoms with Gasteiger partial charge in [-0.1, -0.05) is 18.2 Å². The summed E-state index contributed by atoms with van der Waals surface area (Å²) in [6.45, 7) is 1.42. The van der Waals surface area contributed by atoms with Crippen LogP contribution in [0, 0.1) is 0 Å². The number of para-hydroxylation sites is 1. The second kappa shape index (κ2) is 7.90. The first-order valence-electron chi connectivity index (χ1n) is 9.05. The lowest BCUT2D eigenvalue weighted by Crippen LogP contribution is -2.46. The molecule has 8 nitrogen and oxygen atoms in total. The zero-order chi connectivity index (χ0) is 21.3. The van der Waals surface area contributed by atoms with E-state index in [2.05, 4.69) is 4.74 Å². The minimum atomic E-state index is -1.13. The summed E-state index contributed by atoms with van der Waals surface area (Å²) < 4.78 is 11.4. The molecule has 1 aliphatic rings. The number of likely N-dealkylation sites (tertiary alicyclic amines) is 1. The Morgan fingerprint density at radius 1 is 1.14 bits per heavy atom. The molecule has 0 radical (unpaired) electrons. The van der Waals surface area contributed by atoms with E-state index in [1.54, 1.807) is 0 Å². The predicted octanol–water partition coefficient (Wildman–Crippen LogP) is 1.51. The number of aromatic nitrogens is 1. The Bertz CT molecular complexity index is 1050. The molecular weight excluding hydrogens is 376 g/mol. The van der Waals surface area contributed by atoms with Gasteiger partial charge in [0, 0.05) is 41.7 Å². The van der Waals surface area contributed by atoms with Crippen LogP contribution in [0.3, 0.4) is 0 Å². The summed E-state index contributed by atoms with van der Waals surface area (Å²) in [5.74, 6) is -2.61. The zero-order valence-electron chi connectivity index (χ0n) is 16.7. The number of aryl methyl sites for hydroxylation is 1. The molecule has 152 valence electrons. The van der Waals surface area contributed by atoms with Crippen molar-refractivity contribution in [1.29, 1.82) is 0 Å². The van der Waals surface area contributed by atoms with E-state index >= 15 is 0 Å². The maximum absolute atomic E-state index is 12.9. The van der Waals surface area contributed by atoms with Gasteiger partial charge in [-0.15, -0.1) is 0 Å². The number of nitrogens with zero attached hydrogens (tertiary/aromatic N) is 2. The van der Waals surface area contributed by atoms with E-state index in [1.165, 1.54) is 21.1 Å². The van der Waals surface area contributed by atoms with Crippen LogP contribution in [0.2, 0.25) is 0 Å². The fourth-order valence-electron chi connectivity index (χ4n) is 3.67. The molecule has 29 heavy (non-hydrogen) atoms. The molecule has 2 heterocycles. The van der Waals surface area contributed by atoms with Crippen molar-refractivity contribution < 1.29 is 28.7 Å². The smallest absolute Gasteiger partial charge is 0.333 e. The quantitative estimate of drug-likeness (QED) is 0.430. The number of benzene rings is 1. The molecule has 1 saturated heterocycles. The number of fused-ring (bicyclic) bond motifs is 1. The summed E-state index contributed by atoms with van der Waals surface area (Å²) in [4.78, 5) is 50.8. The number of hydrogen-bond acceptors (Lipinski definition) is 6. The van der Waals surface area contributed by atoms with Crippen molar-refractivity contribution in [2.45, 2.75) is 25.8 Å². The molecule has 0 spiro atoms. The minimum Gasteiger partial charge on any atom is -0.467 e. The molecule has 1 aromatic heterocycles. The van der Waals surface area contributed by atoms with Crippen molar-refractivity contribution in [2.75, 3.05) is 14.2 Å². The normalized spacial score (nSPS) is 16.9. The van der Waals surface area contributed by atoms with Crippen LogP contribution in [-0.2, 0) is 42.1 Å². The molecule has 8 heteroatoms. The van der Waals surface area contributed by atoms with E-state index in [9.17, 15) is 19.2 Å². The number of rotatable bonds is 5. The van der Waals surface area contributed by atoms with Crippen molar-refractivity contribution >= 4 is 34.7 Å². The largest absolute Gasteiger partial charge is 0.467 e. The summed E-state index contributed by atoms with van der Waals surface area (Å²) in [7, 11) is 4.29. The Labute approximate surface area is 167 Å². The highest BCUT2D eigenvalue weighted by Gasteiger charge is 2.44. The highest BCUT2D eigenvalue weighted by atomic mass is 16.5. The van der Waals surface area contributed by atoms with Gasteiger partial charge < -0.3 is 14.0 Å². The third-order valence-electron chi connectivity index (χ3n) is 5.20. The number of carbonyl (C=O) groups is 4. The number of imide groups is 1. The average molecular weight is 398 g/mol. The summed E-state index contributed by atoms with van der Waals surface area (Å²) in [5, 5.41) is 0.921. The summed E-state index contributed by atoms with van der Waals surface area (Å²) in [6.07, 6.45) is 1.71. The van der Waals surface area contributed by atoms with Gasteiger partial charge in [0.05, 0.1) is 20.6 Å². The van der Waals surface area contributed by atoms with Gasteiger partial charge in [0.15, 0.2) is 0 Å². The van der Waals surface area contributed by atoms with Crippen molar-refractivity contribution in [3.05, 3.63) is 47.2 Å². The second-order valence-corrected chi connectivity index (χ2v) is 6.87. The van der Waals surface area contributed by atoms with Gasteiger partial charge in [0.2, 0.25) is 5.91 Å². The van der Waals surface area contributed by atoms with Crippen LogP contribution >= 0.6 is 0 Å². The minimum absolute atomic E-state index is 0.0358. The molecular formula is C21H22N2O6. The molecule has 1 fully saturated rings. The van der Waals surface area contributed by atoms with Gasteiger partial charge >= 0.3 is 11.9 Å². The van der Waals surface area contributed by atoms with Crippen molar-refractivity contribution in [2.24, 2.45) is 7.05 Å². The van der Waals surface area contributed by atoms with Crippen LogP contribution < -0.4 is 0 Å². The van der Waals surface area contributed by atoms with Crippen molar-refractivity contribution in [1.82, 2.24) is 9.47 Å². The lowest BCUT2D eigenvalue weighted by atomic mass is 10.0. The number of hydrogen-bond donors (Lipinski definition) is 0. The number of carbonyl (C=O) groups excluding carboxylic acids is 4. The molecule has 3 rings (SSSR count). The Kier molecular flexibility index (Phi) is 5.54. The molecule has 0 N–H and O–H groups in total. The van der Waals surface area contributed by atoms with Crippen LogP contribution in [0.4, 0.5) is 0 Å². The Morgan fingerprint density at radius 3 is 2.48 bits per heavy atom. The molecule has 2 amide bonds. The first-order chi connectivity index (χ1) is 13.8. The lowest BCUT2D eigenvalue weighted by Gasteiger charge is -2.23. The van der Waals surface area contributed by atoms with E-state index in [0.717, 1.165) is 21.4 Å². The maximum Gasteiger partial charge on any atom is 0.333 e. The van der Waals surface area contributed by atoms with E-state index in [-0.39, 0.29) is 24.0 Å². The standard InChI is InChI=1S/C21H22N2O6/c1-12(20(26)28-3)15-10-18(24)23(19(15)25)17(21(27)29-4)9-13-11-22(2)16-8-6-5-7-14(13)16/h5-8,11,17H,9-10H2,1-4H3/b15-12+. The SMILES string of the molecule is COC(=O)/C(C)=C1\CC(=O)N(C(Cc2cn(C)c3ccccc23)C(=O)OC)C1=O. The second-order valence-electron chi connectivity index (χ2n) is 6.87. The molecule has 1 unspecified atom stereocenters. The van der Waals surface area contributed by atoms with Gasteiger partial charge in [-0.05, 0) is 18.6 Å². The first kappa shape index (κ1) is 20.3. The third-order valence-corrected chi connectivity index (χ3v) is 5.20. The van der Waals surface area contributed by atoms with Crippen LogP contribution in [0.1, 0.15) is 18.9 Å². The van der Waals surface area contributed by atoms with Gasteiger partial charge in [-0.3, -0.25) is 14.5 Å². The Morgan fingerprint density at radius 2 is 1.83 bits per heavy atom. The summed E-state index contributed by atoms with van der Waals surface area (Å²) in [5.41, 5.74) is 1.87. The van der Waals surface area contributed by atoms with E-state index in [4.69, 9.17) is 4.74 Å². The van der Waals surface area contributed by atoms with Crippen LogP contribution in [-0.4, -0.2) is 53.5 Å². The fourth-order valence-corrected chi connectivity index (χ4v) is 3.67. The Balaban J connectivity index is 2.01. The molecule has 0 bridgehead atoms. The number of amides is 2.